The molecular formula is C12H18BrNO2. The standard InChI is InChI=1S/C12H18BrNO2/c1-8(15)7-14(3)12-5-4-10(9(2)16)6-11(12)13/h4-6,8-9,15-16H,7H2,1-3H3. The maximum Gasteiger partial charge on any atom is 0.0762 e. The second-order valence-corrected chi connectivity index (χ2v) is 4.97. The lowest BCUT2D eigenvalue weighted by atomic mass is 10.1. The van der Waals surface area contributed by atoms with Gasteiger partial charge in [-0.2, -0.15) is 0 Å². The monoisotopic (exact) mass is 287 g/mol. The molecule has 0 saturated heterocycles. The number of hydrogen-bond acceptors (Lipinski definition) is 3. The Kier molecular flexibility index (Phi) is 4.77. The molecule has 1 aromatic rings. The van der Waals surface area contributed by atoms with Gasteiger partial charge in [0.2, 0.25) is 0 Å². The van der Waals surface area contributed by atoms with Gasteiger partial charge in [0.05, 0.1) is 17.9 Å². The molecule has 3 nitrogen and oxygen atoms in total. The second kappa shape index (κ2) is 5.66. The van der Waals surface area contributed by atoms with Crippen LogP contribution in [0.1, 0.15) is 25.5 Å². The molecule has 0 heterocycles. The summed E-state index contributed by atoms with van der Waals surface area (Å²) in [6.45, 7) is 4.07. The van der Waals surface area contributed by atoms with Crippen LogP contribution in [0.2, 0.25) is 0 Å². The fraction of sp³-hybridized carbons (Fsp3) is 0.500. The highest BCUT2D eigenvalue weighted by Gasteiger charge is 2.10. The number of aliphatic hydroxyl groups excluding tert-OH is 2. The highest BCUT2D eigenvalue weighted by atomic mass is 79.9. The van der Waals surface area contributed by atoms with E-state index in [9.17, 15) is 10.2 Å². The lowest BCUT2D eigenvalue weighted by Gasteiger charge is -2.22. The van der Waals surface area contributed by atoms with Crippen LogP contribution >= 0.6 is 15.9 Å². The van der Waals surface area contributed by atoms with E-state index < -0.39 is 6.10 Å². The quantitative estimate of drug-likeness (QED) is 0.893. The zero-order valence-electron chi connectivity index (χ0n) is 9.81. The molecule has 0 amide bonds. The molecule has 0 aromatic heterocycles. The van der Waals surface area contributed by atoms with Gasteiger partial charge in [0.25, 0.3) is 0 Å². The van der Waals surface area contributed by atoms with Gasteiger partial charge >= 0.3 is 0 Å². The summed E-state index contributed by atoms with van der Waals surface area (Å²) in [5.41, 5.74) is 1.88. The third-order valence-electron chi connectivity index (χ3n) is 2.40. The van der Waals surface area contributed by atoms with Crippen LogP contribution in [0.15, 0.2) is 22.7 Å². The van der Waals surface area contributed by atoms with Crippen LogP contribution < -0.4 is 4.90 Å². The second-order valence-electron chi connectivity index (χ2n) is 4.12. The summed E-state index contributed by atoms with van der Waals surface area (Å²) in [5, 5.41) is 18.8. The number of aliphatic hydroxyl groups is 2. The Balaban J connectivity index is 2.90. The van der Waals surface area contributed by atoms with Crippen molar-refractivity contribution in [2.24, 2.45) is 0 Å². The van der Waals surface area contributed by atoms with Gasteiger partial charge in [-0.05, 0) is 47.5 Å². The van der Waals surface area contributed by atoms with E-state index in [0.717, 1.165) is 15.7 Å². The molecule has 0 fully saturated rings. The highest BCUT2D eigenvalue weighted by molar-refractivity contribution is 9.10. The number of benzene rings is 1. The van der Waals surface area contributed by atoms with E-state index in [2.05, 4.69) is 15.9 Å². The van der Waals surface area contributed by atoms with Gasteiger partial charge < -0.3 is 15.1 Å². The third-order valence-corrected chi connectivity index (χ3v) is 3.04. The van der Waals surface area contributed by atoms with Crippen molar-refractivity contribution in [2.45, 2.75) is 26.1 Å². The van der Waals surface area contributed by atoms with Crippen molar-refractivity contribution in [3.63, 3.8) is 0 Å². The van der Waals surface area contributed by atoms with E-state index in [1.807, 2.05) is 30.1 Å². The summed E-state index contributed by atoms with van der Waals surface area (Å²) in [6, 6.07) is 5.73. The molecule has 90 valence electrons. The maximum absolute atomic E-state index is 9.45. The van der Waals surface area contributed by atoms with E-state index in [-0.39, 0.29) is 6.10 Å². The normalized spacial score (nSPS) is 14.6. The molecule has 1 aromatic carbocycles. The number of rotatable bonds is 4. The fourth-order valence-corrected chi connectivity index (χ4v) is 2.29. The maximum atomic E-state index is 9.45. The van der Waals surface area contributed by atoms with E-state index in [1.165, 1.54) is 0 Å². The molecule has 0 aliphatic heterocycles. The first-order chi connectivity index (χ1) is 7.41. The summed E-state index contributed by atoms with van der Waals surface area (Å²) in [7, 11) is 1.93. The highest BCUT2D eigenvalue weighted by Crippen LogP contribution is 2.28. The van der Waals surface area contributed by atoms with Gasteiger partial charge in [-0.25, -0.2) is 0 Å². The topological polar surface area (TPSA) is 43.7 Å². The summed E-state index contributed by atoms with van der Waals surface area (Å²) >= 11 is 3.47. The minimum atomic E-state index is -0.465. The van der Waals surface area contributed by atoms with Crippen molar-refractivity contribution in [3.8, 4) is 0 Å². The smallest absolute Gasteiger partial charge is 0.0762 e. The van der Waals surface area contributed by atoms with Crippen molar-refractivity contribution in [1.29, 1.82) is 0 Å². The number of anilines is 1. The first-order valence-electron chi connectivity index (χ1n) is 5.28. The Morgan fingerprint density at radius 3 is 2.38 bits per heavy atom. The van der Waals surface area contributed by atoms with Crippen molar-refractivity contribution < 1.29 is 10.2 Å². The van der Waals surface area contributed by atoms with E-state index >= 15 is 0 Å². The van der Waals surface area contributed by atoms with Crippen LogP contribution in [-0.2, 0) is 0 Å². The van der Waals surface area contributed by atoms with Gasteiger partial charge in [-0.3, -0.25) is 0 Å². The van der Waals surface area contributed by atoms with Gasteiger partial charge in [0, 0.05) is 18.1 Å². The first kappa shape index (κ1) is 13.5. The Hall–Kier alpha value is -0.580. The molecule has 1 rings (SSSR count). The summed E-state index contributed by atoms with van der Waals surface area (Å²) in [6.07, 6.45) is -0.833. The van der Waals surface area contributed by atoms with E-state index in [4.69, 9.17) is 0 Å². The van der Waals surface area contributed by atoms with Crippen LogP contribution in [0, 0.1) is 0 Å². The van der Waals surface area contributed by atoms with Crippen LogP contribution in [0.5, 0.6) is 0 Å². The molecule has 16 heavy (non-hydrogen) atoms. The van der Waals surface area contributed by atoms with Crippen molar-refractivity contribution in [3.05, 3.63) is 28.2 Å². The molecule has 0 saturated carbocycles. The Morgan fingerprint density at radius 1 is 1.31 bits per heavy atom. The largest absolute Gasteiger partial charge is 0.392 e. The van der Waals surface area contributed by atoms with E-state index in [0.29, 0.717) is 6.54 Å². The fourth-order valence-electron chi connectivity index (χ4n) is 1.59. The Bertz CT molecular complexity index is 353. The van der Waals surface area contributed by atoms with Gasteiger partial charge in [0.1, 0.15) is 0 Å². The van der Waals surface area contributed by atoms with Crippen LogP contribution in [0.3, 0.4) is 0 Å². The predicted octanol–water partition coefficient (Wildman–Crippen LogP) is 2.32. The molecular weight excluding hydrogens is 270 g/mol. The van der Waals surface area contributed by atoms with Crippen LogP contribution in [0.4, 0.5) is 5.69 Å². The number of hydrogen-bond donors (Lipinski definition) is 2. The zero-order valence-corrected chi connectivity index (χ0v) is 11.4. The van der Waals surface area contributed by atoms with Gasteiger partial charge in [-0.15, -0.1) is 0 Å². The molecule has 2 N–H and O–H groups in total. The zero-order chi connectivity index (χ0) is 12.3. The first-order valence-corrected chi connectivity index (χ1v) is 6.08. The summed E-state index contributed by atoms with van der Waals surface area (Å²) in [4.78, 5) is 1.97. The van der Waals surface area contributed by atoms with Crippen molar-refractivity contribution in [2.75, 3.05) is 18.5 Å². The summed E-state index contributed by atoms with van der Waals surface area (Å²) < 4.78 is 0.925. The molecule has 0 spiro atoms. The molecule has 0 aliphatic rings. The number of halogens is 1. The predicted molar refractivity (Wildman–Crippen MR) is 69.7 cm³/mol. The van der Waals surface area contributed by atoms with Crippen molar-refractivity contribution in [1.82, 2.24) is 0 Å². The lowest BCUT2D eigenvalue weighted by molar-refractivity contribution is 0.198. The Morgan fingerprint density at radius 2 is 1.94 bits per heavy atom. The summed E-state index contributed by atoms with van der Waals surface area (Å²) in [5.74, 6) is 0. The van der Waals surface area contributed by atoms with Crippen molar-refractivity contribution >= 4 is 21.6 Å². The minimum absolute atomic E-state index is 0.367. The molecule has 4 heteroatoms. The minimum Gasteiger partial charge on any atom is -0.392 e. The third kappa shape index (κ3) is 3.47. The molecule has 2 unspecified atom stereocenters. The Labute approximate surface area is 105 Å². The average molecular weight is 288 g/mol. The molecule has 2 atom stereocenters. The number of likely N-dealkylation sites (N-methyl/N-ethyl adjacent to an activating group) is 1. The van der Waals surface area contributed by atoms with Gasteiger partial charge in [0.15, 0.2) is 0 Å². The SMILES string of the molecule is CC(O)CN(C)c1ccc(C(C)O)cc1Br. The molecule has 0 radical (unpaired) electrons. The van der Waals surface area contributed by atoms with E-state index in [1.54, 1.807) is 13.8 Å². The average Bonchev–Trinajstić information content (AvgIpc) is 2.15. The van der Waals surface area contributed by atoms with Crippen LogP contribution in [0.25, 0.3) is 0 Å². The van der Waals surface area contributed by atoms with Gasteiger partial charge in [-0.1, -0.05) is 6.07 Å². The number of nitrogens with zero attached hydrogens (tertiary/aromatic N) is 1. The van der Waals surface area contributed by atoms with Crippen LogP contribution in [-0.4, -0.2) is 29.9 Å². The molecule has 0 bridgehead atoms. The molecule has 0 aliphatic carbocycles. The lowest BCUT2D eigenvalue weighted by Crippen LogP contribution is -2.27.